The van der Waals surface area contributed by atoms with Gasteiger partial charge in [0, 0.05) is 26.0 Å². The van der Waals surface area contributed by atoms with E-state index in [1.54, 1.807) is 24.5 Å². The van der Waals surface area contributed by atoms with Crippen LogP contribution in [0.1, 0.15) is 5.56 Å². The third kappa shape index (κ3) is 4.92. The van der Waals surface area contributed by atoms with Crippen molar-refractivity contribution >= 4 is 11.9 Å². The first-order valence-corrected chi connectivity index (χ1v) is 5.51. The van der Waals surface area contributed by atoms with Crippen molar-refractivity contribution in [2.75, 3.05) is 26.8 Å². The first kappa shape index (κ1) is 14.1. The van der Waals surface area contributed by atoms with Gasteiger partial charge < -0.3 is 14.7 Å². The van der Waals surface area contributed by atoms with Gasteiger partial charge in [0.2, 0.25) is 5.91 Å². The number of methoxy groups -OCH3 is 1. The summed E-state index contributed by atoms with van der Waals surface area (Å²) in [6.45, 7) is 0.273. The van der Waals surface area contributed by atoms with Gasteiger partial charge in [0.1, 0.15) is 6.54 Å². The Balaban J connectivity index is 2.60. The maximum atomic E-state index is 11.9. The molecule has 1 N–H and O–H groups in total. The van der Waals surface area contributed by atoms with E-state index < -0.39 is 5.97 Å². The molecule has 6 nitrogen and oxygen atoms in total. The zero-order chi connectivity index (χ0) is 13.4. The smallest absolute Gasteiger partial charge is 0.323 e. The van der Waals surface area contributed by atoms with E-state index in [-0.39, 0.29) is 25.4 Å². The van der Waals surface area contributed by atoms with Gasteiger partial charge in [-0.1, -0.05) is 0 Å². The first-order chi connectivity index (χ1) is 8.63. The molecule has 0 bridgehead atoms. The fraction of sp³-hybridized carbons (Fsp3) is 0.417. The summed E-state index contributed by atoms with van der Waals surface area (Å²) in [4.78, 5) is 27.8. The van der Waals surface area contributed by atoms with E-state index in [1.807, 2.05) is 0 Å². The molecular weight excluding hydrogens is 236 g/mol. The molecular formula is C12H16N2O4. The quantitative estimate of drug-likeness (QED) is 0.749. The van der Waals surface area contributed by atoms with Crippen LogP contribution >= 0.6 is 0 Å². The molecule has 0 aliphatic rings. The van der Waals surface area contributed by atoms with E-state index in [9.17, 15) is 9.59 Å². The van der Waals surface area contributed by atoms with Gasteiger partial charge in [0.05, 0.1) is 13.0 Å². The van der Waals surface area contributed by atoms with Crippen molar-refractivity contribution in [2.45, 2.75) is 6.42 Å². The molecule has 6 heteroatoms. The zero-order valence-electron chi connectivity index (χ0n) is 10.2. The van der Waals surface area contributed by atoms with E-state index in [1.165, 1.54) is 12.0 Å². The molecule has 0 saturated heterocycles. The van der Waals surface area contributed by atoms with Gasteiger partial charge in [0.25, 0.3) is 0 Å². The summed E-state index contributed by atoms with van der Waals surface area (Å²) in [6.07, 6.45) is 3.36. The minimum Gasteiger partial charge on any atom is -0.480 e. The number of nitrogens with zero attached hydrogens (tertiary/aromatic N) is 2. The third-order valence-electron chi connectivity index (χ3n) is 2.35. The summed E-state index contributed by atoms with van der Waals surface area (Å²) in [6, 6.07) is 3.46. The number of aromatic nitrogens is 1. The van der Waals surface area contributed by atoms with Crippen molar-refractivity contribution in [3.8, 4) is 0 Å². The van der Waals surface area contributed by atoms with Crippen LogP contribution in [0.5, 0.6) is 0 Å². The maximum Gasteiger partial charge on any atom is 0.323 e. The molecule has 1 heterocycles. The summed E-state index contributed by atoms with van der Waals surface area (Å²) < 4.78 is 4.86. The molecule has 1 aromatic heterocycles. The molecule has 0 atom stereocenters. The number of hydrogen-bond acceptors (Lipinski definition) is 4. The third-order valence-corrected chi connectivity index (χ3v) is 2.35. The standard InChI is InChI=1S/C12H16N2O4/c1-18-7-6-14(9-12(16)17)11(15)8-10-2-4-13-5-3-10/h2-5H,6-9H2,1H3,(H,16,17). The number of carbonyl (C=O) groups excluding carboxylic acids is 1. The predicted octanol–water partition coefficient (Wildman–Crippen LogP) is 0.184. The van der Waals surface area contributed by atoms with Crippen LogP contribution in [0.15, 0.2) is 24.5 Å². The molecule has 0 saturated carbocycles. The fourth-order valence-electron chi connectivity index (χ4n) is 1.44. The van der Waals surface area contributed by atoms with Crippen LogP contribution in [0.25, 0.3) is 0 Å². The summed E-state index contributed by atoms with van der Waals surface area (Å²) >= 11 is 0. The lowest BCUT2D eigenvalue weighted by atomic mass is 10.2. The number of rotatable bonds is 7. The number of aliphatic carboxylic acids is 1. The molecule has 1 aromatic rings. The molecule has 18 heavy (non-hydrogen) atoms. The second kappa shape index (κ2) is 7.39. The predicted molar refractivity (Wildman–Crippen MR) is 64.0 cm³/mol. The number of carbonyl (C=O) groups is 2. The molecule has 0 fully saturated rings. The molecule has 0 radical (unpaired) electrons. The lowest BCUT2D eigenvalue weighted by molar-refractivity contribution is -0.144. The maximum absolute atomic E-state index is 11.9. The lowest BCUT2D eigenvalue weighted by Crippen LogP contribution is -2.38. The Morgan fingerprint density at radius 3 is 2.61 bits per heavy atom. The summed E-state index contributed by atoms with van der Waals surface area (Å²) in [5.41, 5.74) is 0.808. The van der Waals surface area contributed by atoms with Gasteiger partial charge in [-0.05, 0) is 17.7 Å². The van der Waals surface area contributed by atoms with Gasteiger partial charge in [0.15, 0.2) is 0 Å². The Hall–Kier alpha value is -1.95. The number of hydrogen-bond donors (Lipinski definition) is 1. The normalized spacial score (nSPS) is 10.1. The van der Waals surface area contributed by atoms with Crippen molar-refractivity contribution in [2.24, 2.45) is 0 Å². The lowest BCUT2D eigenvalue weighted by Gasteiger charge is -2.20. The van der Waals surface area contributed by atoms with E-state index in [4.69, 9.17) is 9.84 Å². The van der Waals surface area contributed by atoms with Crippen molar-refractivity contribution in [1.29, 1.82) is 0 Å². The van der Waals surface area contributed by atoms with Gasteiger partial charge >= 0.3 is 5.97 Å². The summed E-state index contributed by atoms with van der Waals surface area (Å²) in [5.74, 6) is -1.27. The number of amides is 1. The van der Waals surface area contributed by atoms with Gasteiger partial charge in [-0.2, -0.15) is 0 Å². The van der Waals surface area contributed by atoms with Crippen LogP contribution in [0.2, 0.25) is 0 Å². The van der Waals surface area contributed by atoms with Crippen molar-refractivity contribution in [1.82, 2.24) is 9.88 Å². The highest BCUT2D eigenvalue weighted by atomic mass is 16.5. The Kier molecular flexibility index (Phi) is 5.79. The Morgan fingerprint density at radius 2 is 2.06 bits per heavy atom. The monoisotopic (exact) mass is 252 g/mol. The van der Waals surface area contributed by atoms with Crippen molar-refractivity contribution < 1.29 is 19.4 Å². The van der Waals surface area contributed by atoms with E-state index in [0.29, 0.717) is 6.61 Å². The molecule has 1 amide bonds. The highest BCUT2D eigenvalue weighted by molar-refractivity contribution is 5.82. The first-order valence-electron chi connectivity index (χ1n) is 5.51. The van der Waals surface area contributed by atoms with Gasteiger partial charge in [-0.3, -0.25) is 14.6 Å². The van der Waals surface area contributed by atoms with Gasteiger partial charge in [-0.15, -0.1) is 0 Å². The van der Waals surface area contributed by atoms with E-state index in [2.05, 4.69) is 4.98 Å². The molecule has 1 rings (SSSR count). The molecule has 0 spiro atoms. The van der Waals surface area contributed by atoms with Crippen LogP contribution in [0.3, 0.4) is 0 Å². The van der Waals surface area contributed by atoms with Crippen LogP contribution in [0, 0.1) is 0 Å². The van der Waals surface area contributed by atoms with Crippen LogP contribution in [0.4, 0.5) is 0 Å². The second-order valence-corrected chi connectivity index (χ2v) is 3.73. The van der Waals surface area contributed by atoms with Crippen molar-refractivity contribution in [3.05, 3.63) is 30.1 Å². The Morgan fingerprint density at radius 1 is 1.39 bits per heavy atom. The van der Waals surface area contributed by atoms with Crippen LogP contribution in [-0.2, 0) is 20.7 Å². The van der Waals surface area contributed by atoms with Crippen LogP contribution < -0.4 is 0 Å². The average molecular weight is 252 g/mol. The molecule has 0 aliphatic heterocycles. The SMILES string of the molecule is COCCN(CC(=O)O)C(=O)Cc1ccncc1. The largest absolute Gasteiger partial charge is 0.480 e. The van der Waals surface area contributed by atoms with Gasteiger partial charge in [-0.25, -0.2) is 0 Å². The highest BCUT2D eigenvalue weighted by Gasteiger charge is 2.16. The fourth-order valence-corrected chi connectivity index (χ4v) is 1.44. The molecule has 98 valence electrons. The Labute approximate surface area is 105 Å². The Bertz CT molecular complexity index is 394. The minimum absolute atomic E-state index is 0.166. The second-order valence-electron chi connectivity index (χ2n) is 3.73. The number of pyridine rings is 1. The minimum atomic E-state index is -1.03. The van der Waals surface area contributed by atoms with Crippen LogP contribution in [-0.4, -0.2) is 53.7 Å². The van der Waals surface area contributed by atoms with Crippen molar-refractivity contribution in [3.63, 3.8) is 0 Å². The highest BCUT2D eigenvalue weighted by Crippen LogP contribution is 2.02. The topological polar surface area (TPSA) is 79.7 Å². The molecule has 0 unspecified atom stereocenters. The molecule has 0 aromatic carbocycles. The zero-order valence-corrected chi connectivity index (χ0v) is 10.2. The molecule has 0 aliphatic carbocycles. The van der Waals surface area contributed by atoms with E-state index in [0.717, 1.165) is 5.56 Å². The number of carboxylic acids is 1. The number of carboxylic acid groups (broad SMARTS) is 1. The summed E-state index contributed by atoms with van der Waals surface area (Å²) in [7, 11) is 1.51. The average Bonchev–Trinajstić information content (AvgIpc) is 2.35. The van der Waals surface area contributed by atoms with E-state index >= 15 is 0 Å². The summed E-state index contributed by atoms with van der Waals surface area (Å²) in [5, 5.41) is 8.75. The number of ether oxygens (including phenoxy) is 1.